The summed E-state index contributed by atoms with van der Waals surface area (Å²) in [6.45, 7) is 20.4. The van der Waals surface area contributed by atoms with Gasteiger partial charge in [0.05, 0.1) is 11.4 Å². The van der Waals surface area contributed by atoms with Crippen LogP contribution in [0, 0.1) is 5.92 Å². The molecule has 0 unspecified atom stereocenters. The van der Waals surface area contributed by atoms with E-state index >= 15 is 0 Å². The van der Waals surface area contributed by atoms with Crippen molar-refractivity contribution in [3.8, 4) is 0 Å². The van der Waals surface area contributed by atoms with Crippen molar-refractivity contribution in [2.45, 2.75) is 118 Å². The molecule has 0 aliphatic heterocycles. The molecular weight excluding hydrogens is 438 g/mol. The second-order valence-corrected chi connectivity index (χ2v) is 11.9. The lowest BCUT2D eigenvalue weighted by molar-refractivity contribution is 0.402. The van der Waals surface area contributed by atoms with Crippen LogP contribution in [0.15, 0.2) is 58.5 Å². The van der Waals surface area contributed by atoms with Gasteiger partial charge in [0.25, 0.3) is 0 Å². The first kappa shape index (κ1) is 28.2. The summed E-state index contributed by atoms with van der Waals surface area (Å²) in [4.78, 5) is 0. The van der Waals surface area contributed by atoms with Crippen molar-refractivity contribution in [2.24, 2.45) is 16.3 Å². The van der Waals surface area contributed by atoms with E-state index in [1.165, 1.54) is 65.6 Å². The largest absolute Gasteiger partial charge is 0.222 e. The Morgan fingerprint density at radius 1 is 0.722 bits per heavy atom. The molecule has 0 atom stereocenters. The van der Waals surface area contributed by atoms with Crippen LogP contribution in [0.1, 0.15) is 140 Å². The zero-order valence-corrected chi connectivity index (χ0v) is 24.3. The Labute approximate surface area is 221 Å². The van der Waals surface area contributed by atoms with Crippen molar-refractivity contribution in [3.05, 3.63) is 70.4 Å². The molecule has 0 heterocycles. The minimum atomic E-state index is 0.389. The smallest absolute Gasteiger partial charge is 0.0943 e. The summed E-state index contributed by atoms with van der Waals surface area (Å²) in [5.74, 6) is 2.21. The highest BCUT2D eigenvalue weighted by Crippen LogP contribution is 2.39. The first-order valence-corrected chi connectivity index (χ1v) is 14.3. The van der Waals surface area contributed by atoms with Crippen LogP contribution in [0.5, 0.6) is 0 Å². The lowest BCUT2D eigenvalue weighted by Gasteiger charge is -2.28. The topological polar surface area (TPSA) is 28.0 Å². The minimum absolute atomic E-state index is 0.389. The first-order chi connectivity index (χ1) is 17.1. The molecule has 2 aromatic rings. The molecule has 0 saturated heterocycles. The quantitative estimate of drug-likeness (QED) is 0.255. The maximum Gasteiger partial charge on any atom is 0.0943 e. The van der Waals surface area contributed by atoms with Crippen LogP contribution in [0.2, 0.25) is 0 Å². The number of allylic oxidation sites excluding steroid dienone is 1. The highest BCUT2D eigenvalue weighted by atomic mass is 15.5. The van der Waals surface area contributed by atoms with E-state index in [4.69, 9.17) is 10.3 Å². The van der Waals surface area contributed by atoms with Gasteiger partial charge < -0.3 is 0 Å². The van der Waals surface area contributed by atoms with Crippen LogP contribution in [0.3, 0.4) is 0 Å². The minimum Gasteiger partial charge on any atom is -0.222 e. The average molecular weight is 488 g/mol. The van der Waals surface area contributed by atoms with Crippen molar-refractivity contribution in [1.29, 1.82) is 0 Å². The molecule has 1 aliphatic carbocycles. The molecular formula is C33H49N3. The van der Waals surface area contributed by atoms with Gasteiger partial charge in [-0.2, -0.15) is 0 Å². The molecule has 196 valence electrons. The zero-order chi connectivity index (χ0) is 26.4. The summed E-state index contributed by atoms with van der Waals surface area (Å²) in [5.41, 5.74) is 8.84. The molecule has 3 heteroatoms. The maximum atomic E-state index is 5.05. The summed E-state index contributed by atoms with van der Waals surface area (Å²) in [6.07, 6.45) is 8.88. The van der Waals surface area contributed by atoms with Crippen LogP contribution >= 0.6 is 0 Å². The predicted molar refractivity (Wildman–Crippen MR) is 157 cm³/mol. The molecule has 1 aliphatic rings. The zero-order valence-electron chi connectivity index (χ0n) is 24.3. The fourth-order valence-electron chi connectivity index (χ4n) is 5.49. The van der Waals surface area contributed by atoms with Crippen molar-refractivity contribution in [3.63, 3.8) is 0 Å². The van der Waals surface area contributed by atoms with Gasteiger partial charge in [-0.1, -0.05) is 122 Å². The Morgan fingerprint density at radius 3 is 1.61 bits per heavy atom. The molecule has 0 amide bonds. The number of anilines is 1. The van der Waals surface area contributed by atoms with Crippen LogP contribution in [0.4, 0.5) is 11.4 Å². The summed E-state index contributed by atoms with van der Waals surface area (Å²) in [5, 5.41) is 12.2. The van der Waals surface area contributed by atoms with Gasteiger partial charge in [0.2, 0.25) is 0 Å². The van der Waals surface area contributed by atoms with Gasteiger partial charge in [0.15, 0.2) is 0 Å². The summed E-state index contributed by atoms with van der Waals surface area (Å²) in [7, 11) is 0. The number of nitrogens with zero attached hydrogens (tertiary/aromatic N) is 3. The van der Waals surface area contributed by atoms with Crippen molar-refractivity contribution < 1.29 is 0 Å². The second kappa shape index (κ2) is 12.7. The van der Waals surface area contributed by atoms with Crippen LogP contribution in [-0.2, 0) is 0 Å². The maximum absolute atomic E-state index is 5.05. The normalized spacial score (nSPS) is 15.8. The standard InChI is InChI=1S/C33H49N3/c1-22(2)28-17-13-18-29(23(3)4)32(28)34-35-36(21-26(9)27-15-11-10-12-16-27)33-30(24(5)6)19-14-20-31(33)25(7)8/h13-14,17-25,27H,10-12,15-16H2,1-9H3/b26-21+,35-34?. The van der Waals surface area contributed by atoms with Gasteiger partial charge in [-0.3, -0.25) is 0 Å². The molecule has 0 radical (unpaired) electrons. The molecule has 0 spiro atoms. The number of benzene rings is 2. The fraction of sp³-hybridized carbons (Fsp3) is 0.576. The summed E-state index contributed by atoms with van der Waals surface area (Å²) in [6, 6.07) is 13.3. The molecule has 2 aromatic carbocycles. The third-order valence-electron chi connectivity index (χ3n) is 7.73. The predicted octanol–water partition coefficient (Wildman–Crippen LogP) is 11.2. The van der Waals surface area contributed by atoms with Crippen molar-refractivity contribution >= 4 is 11.4 Å². The number of hydrogen-bond donors (Lipinski definition) is 0. The Kier molecular flexibility index (Phi) is 9.93. The van der Waals surface area contributed by atoms with E-state index in [0.717, 1.165) is 5.69 Å². The highest BCUT2D eigenvalue weighted by molar-refractivity contribution is 5.63. The van der Waals surface area contributed by atoms with Gasteiger partial charge in [0.1, 0.15) is 0 Å². The highest BCUT2D eigenvalue weighted by Gasteiger charge is 2.22. The SMILES string of the molecule is C/C(=C\N(N=Nc1c(C(C)C)cccc1C(C)C)c1c(C(C)C)cccc1C(C)C)C1CCCCC1. The lowest BCUT2D eigenvalue weighted by atomic mass is 9.84. The van der Waals surface area contributed by atoms with E-state index in [9.17, 15) is 0 Å². The second-order valence-electron chi connectivity index (χ2n) is 11.9. The monoisotopic (exact) mass is 487 g/mol. The van der Waals surface area contributed by atoms with Crippen LogP contribution in [0.25, 0.3) is 0 Å². The molecule has 3 nitrogen and oxygen atoms in total. The summed E-state index contributed by atoms with van der Waals surface area (Å²) < 4.78 is 0. The fourth-order valence-corrected chi connectivity index (χ4v) is 5.49. The number of para-hydroxylation sites is 1. The number of rotatable bonds is 9. The van der Waals surface area contributed by atoms with E-state index in [2.05, 4.69) is 110 Å². The number of hydrogen-bond acceptors (Lipinski definition) is 2. The Bertz CT molecular complexity index is 1000. The van der Waals surface area contributed by atoms with Gasteiger partial charge in [-0.05, 0) is 71.6 Å². The van der Waals surface area contributed by atoms with Crippen molar-refractivity contribution in [2.75, 3.05) is 5.01 Å². The van der Waals surface area contributed by atoms with Gasteiger partial charge >= 0.3 is 0 Å². The van der Waals surface area contributed by atoms with Gasteiger partial charge in [-0.25, -0.2) is 5.01 Å². The Hall–Kier alpha value is -2.42. The van der Waals surface area contributed by atoms with E-state index in [0.29, 0.717) is 29.6 Å². The third-order valence-corrected chi connectivity index (χ3v) is 7.73. The molecule has 1 saturated carbocycles. The molecule has 0 bridgehead atoms. The van der Waals surface area contributed by atoms with E-state index < -0.39 is 0 Å². The van der Waals surface area contributed by atoms with E-state index in [1.807, 2.05) is 0 Å². The van der Waals surface area contributed by atoms with Crippen LogP contribution in [-0.4, -0.2) is 0 Å². The first-order valence-electron chi connectivity index (χ1n) is 14.3. The van der Waals surface area contributed by atoms with Gasteiger partial charge in [-0.15, -0.1) is 5.11 Å². The average Bonchev–Trinajstić information content (AvgIpc) is 2.85. The lowest BCUT2D eigenvalue weighted by Crippen LogP contribution is -2.17. The van der Waals surface area contributed by atoms with E-state index in [1.54, 1.807) is 0 Å². The Morgan fingerprint density at radius 2 is 1.17 bits per heavy atom. The van der Waals surface area contributed by atoms with Crippen molar-refractivity contribution in [1.82, 2.24) is 0 Å². The van der Waals surface area contributed by atoms with E-state index in [-0.39, 0.29) is 0 Å². The summed E-state index contributed by atoms with van der Waals surface area (Å²) >= 11 is 0. The molecule has 3 rings (SSSR count). The molecule has 1 fully saturated rings. The van der Waals surface area contributed by atoms with Crippen LogP contribution < -0.4 is 5.01 Å². The Balaban J connectivity index is 2.21. The van der Waals surface area contributed by atoms with Gasteiger partial charge in [0, 0.05) is 6.20 Å². The molecule has 0 N–H and O–H groups in total. The molecule has 36 heavy (non-hydrogen) atoms. The molecule has 0 aromatic heterocycles. The third kappa shape index (κ3) is 6.66.